The van der Waals surface area contributed by atoms with Gasteiger partial charge in [0.05, 0.1) is 0 Å². The SMILES string of the molecule is CCC[C@@H](N)c1cc(Br)ccc1Br.Cl. The second kappa shape index (κ2) is 6.83. The second-order valence-corrected chi connectivity index (χ2v) is 4.83. The lowest BCUT2D eigenvalue weighted by Gasteiger charge is -2.12. The minimum Gasteiger partial charge on any atom is -0.324 e. The molecule has 0 amide bonds. The quantitative estimate of drug-likeness (QED) is 0.863. The third-order valence-electron chi connectivity index (χ3n) is 1.96. The smallest absolute Gasteiger partial charge is 0.0306 e. The third-order valence-corrected chi connectivity index (χ3v) is 3.17. The van der Waals surface area contributed by atoms with Crippen LogP contribution < -0.4 is 5.73 Å². The summed E-state index contributed by atoms with van der Waals surface area (Å²) in [4.78, 5) is 0. The van der Waals surface area contributed by atoms with Crippen LogP contribution in [0.5, 0.6) is 0 Å². The van der Waals surface area contributed by atoms with Crippen LogP contribution in [0.3, 0.4) is 0 Å². The number of rotatable bonds is 3. The van der Waals surface area contributed by atoms with Gasteiger partial charge in [-0.2, -0.15) is 0 Å². The Hall–Kier alpha value is 0.430. The van der Waals surface area contributed by atoms with Crippen LogP contribution in [0.15, 0.2) is 27.1 Å². The predicted octanol–water partition coefficient (Wildman–Crippen LogP) is 4.43. The van der Waals surface area contributed by atoms with Crippen molar-refractivity contribution in [1.29, 1.82) is 0 Å². The maximum Gasteiger partial charge on any atom is 0.0306 e. The fourth-order valence-corrected chi connectivity index (χ4v) is 2.18. The molecular weight excluding hydrogens is 329 g/mol. The molecule has 1 nitrogen and oxygen atoms in total. The first-order chi connectivity index (χ1) is 6.15. The molecule has 80 valence electrons. The topological polar surface area (TPSA) is 26.0 Å². The number of hydrogen-bond acceptors (Lipinski definition) is 1. The minimum atomic E-state index is 0. The molecule has 0 aliphatic carbocycles. The van der Waals surface area contributed by atoms with E-state index in [2.05, 4.69) is 44.8 Å². The van der Waals surface area contributed by atoms with E-state index in [9.17, 15) is 0 Å². The molecule has 4 heteroatoms. The Kier molecular flexibility index (Phi) is 7.04. The molecule has 0 bridgehead atoms. The van der Waals surface area contributed by atoms with Crippen LogP contribution in [0.1, 0.15) is 31.4 Å². The Labute approximate surface area is 108 Å². The first kappa shape index (κ1) is 14.4. The largest absolute Gasteiger partial charge is 0.324 e. The average Bonchev–Trinajstić information content (AvgIpc) is 2.09. The first-order valence-corrected chi connectivity index (χ1v) is 5.94. The lowest BCUT2D eigenvalue weighted by Crippen LogP contribution is -2.10. The van der Waals surface area contributed by atoms with E-state index in [-0.39, 0.29) is 18.4 Å². The Bertz CT molecular complexity index is 291. The van der Waals surface area contributed by atoms with Gasteiger partial charge >= 0.3 is 0 Å². The Morgan fingerprint density at radius 2 is 2.00 bits per heavy atom. The van der Waals surface area contributed by atoms with Crippen LogP contribution >= 0.6 is 44.3 Å². The second-order valence-electron chi connectivity index (χ2n) is 3.06. The zero-order valence-corrected chi connectivity index (χ0v) is 12.0. The minimum absolute atomic E-state index is 0. The summed E-state index contributed by atoms with van der Waals surface area (Å²) < 4.78 is 2.17. The fraction of sp³-hybridized carbons (Fsp3) is 0.400. The maximum atomic E-state index is 6.02. The van der Waals surface area contributed by atoms with Crippen molar-refractivity contribution < 1.29 is 0 Å². The monoisotopic (exact) mass is 341 g/mol. The van der Waals surface area contributed by atoms with Crippen molar-refractivity contribution in [2.45, 2.75) is 25.8 Å². The van der Waals surface area contributed by atoms with Gasteiger partial charge in [0.1, 0.15) is 0 Å². The molecular formula is C10H14Br2ClN. The highest BCUT2D eigenvalue weighted by Gasteiger charge is 2.08. The predicted molar refractivity (Wildman–Crippen MR) is 70.9 cm³/mol. The van der Waals surface area contributed by atoms with Crippen molar-refractivity contribution in [2.24, 2.45) is 5.73 Å². The molecule has 2 N–H and O–H groups in total. The van der Waals surface area contributed by atoms with E-state index >= 15 is 0 Å². The molecule has 14 heavy (non-hydrogen) atoms. The number of nitrogens with two attached hydrogens (primary N) is 1. The van der Waals surface area contributed by atoms with Crippen LogP contribution in [0.25, 0.3) is 0 Å². The van der Waals surface area contributed by atoms with Crippen LogP contribution in [-0.2, 0) is 0 Å². The van der Waals surface area contributed by atoms with Crippen molar-refractivity contribution in [1.82, 2.24) is 0 Å². The zero-order chi connectivity index (χ0) is 9.84. The Balaban J connectivity index is 0.00000169. The highest BCUT2D eigenvalue weighted by atomic mass is 79.9. The summed E-state index contributed by atoms with van der Waals surface area (Å²) in [6, 6.07) is 6.24. The molecule has 0 heterocycles. The Morgan fingerprint density at radius 3 is 2.57 bits per heavy atom. The van der Waals surface area contributed by atoms with Crippen LogP contribution in [0.4, 0.5) is 0 Å². The molecule has 1 atom stereocenters. The van der Waals surface area contributed by atoms with Gasteiger partial charge in [0, 0.05) is 15.0 Å². The van der Waals surface area contributed by atoms with E-state index in [1.165, 1.54) is 5.56 Å². The summed E-state index contributed by atoms with van der Waals surface area (Å²) in [7, 11) is 0. The van der Waals surface area contributed by atoms with E-state index in [1.54, 1.807) is 0 Å². The molecule has 1 rings (SSSR count). The highest BCUT2D eigenvalue weighted by molar-refractivity contribution is 9.11. The summed E-state index contributed by atoms with van der Waals surface area (Å²) in [5.74, 6) is 0. The van der Waals surface area contributed by atoms with Gasteiger partial charge in [-0.05, 0) is 30.2 Å². The van der Waals surface area contributed by atoms with Gasteiger partial charge in [0.15, 0.2) is 0 Å². The summed E-state index contributed by atoms with van der Waals surface area (Å²) in [6.07, 6.45) is 2.13. The van der Waals surface area contributed by atoms with E-state index in [0.29, 0.717) is 0 Å². The summed E-state index contributed by atoms with van der Waals surface area (Å²) >= 11 is 6.94. The molecule has 1 aromatic carbocycles. The molecule has 0 radical (unpaired) electrons. The standard InChI is InChI=1S/C10H13Br2N.ClH/c1-2-3-10(13)8-6-7(11)4-5-9(8)12;/h4-6,10H,2-3,13H2,1H3;1H/t10-;/m1./s1. The summed E-state index contributed by atoms with van der Waals surface area (Å²) in [5, 5.41) is 0. The number of hydrogen-bond donors (Lipinski definition) is 1. The van der Waals surface area contributed by atoms with Crippen LogP contribution in [-0.4, -0.2) is 0 Å². The van der Waals surface area contributed by atoms with Crippen molar-refractivity contribution in [3.8, 4) is 0 Å². The fourth-order valence-electron chi connectivity index (χ4n) is 1.27. The van der Waals surface area contributed by atoms with Crippen molar-refractivity contribution in [3.05, 3.63) is 32.7 Å². The lowest BCUT2D eigenvalue weighted by molar-refractivity contribution is 0.636. The van der Waals surface area contributed by atoms with Gasteiger partial charge in [0.2, 0.25) is 0 Å². The highest BCUT2D eigenvalue weighted by Crippen LogP contribution is 2.27. The molecule has 0 aliphatic rings. The first-order valence-electron chi connectivity index (χ1n) is 4.35. The number of halogens is 3. The van der Waals surface area contributed by atoms with Gasteiger partial charge in [-0.3, -0.25) is 0 Å². The maximum absolute atomic E-state index is 6.02. The van der Waals surface area contributed by atoms with Gasteiger partial charge in [-0.25, -0.2) is 0 Å². The molecule has 0 aromatic heterocycles. The van der Waals surface area contributed by atoms with Crippen LogP contribution in [0.2, 0.25) is 0 Å². The summed E-state index contributed by atoms with van der Waals surface area (Å²) in [6.45, 7) is 2.14. The molecule has 0 spiro atoms. The van der Waals surface area contributed by atoms with Crippen molar-refractivity contribution in [3.63, 3.8) is 0 Å². The molecule has 0 saturated carbocycles. The average molecular weight is 343 g/mol. The third kappa shape index (κ3) is 3.89. The van der Waals surface area contributed by atoms with Gasteiger partial charge in [-0.15, -0.1) is 12.4 Å². The van der Waals surface area contributed by atoms with Crippen LogP contribution in [0, 0.1) is 0 Å². The zero-order valence-electron chi connectivity index (χ0n) is 7.97. The van der Waals surface area contributed by atoms with E-state index in [0.717, 1.165) is 21.8 Å². The lowest BCUT2D eigenvalue weighted by atomic mass is 10.0. The van der Waals surface area contributed by atoms with Gasteiger partial charge in [-0.1, -0.05) is 45.2 Å². The number of benzene rings is 1. The van der Waals surface area contributed by atoms with Crippen molar-refractivity contribution in [2.75, 3.05) is 0 Å². The summed E-state index contributed by atoms with van der Waals surface area (Å²) in [5.41, 5.74) is 7.20. The van der Waals surface area contributed by atoms with Gasteiger partial charge in [0.25, 0.3) is 0 Å². The molecule has 1 aromatic rings. The normalized spacial score (nSPS) is 12.0. The van der Waals surface area contributed by atoms with E-state index in [1.807, 2.05) is 12.1 Å². The molecule has 0 saturated heterocycles. The molecule has 0 aliphatic heterocycles. The van der Waals surface area contributed by atoms with Gasteiger partial charge < -0.3 is 5.73 Å². The molecule has 0 unspecified atom stereocenters. The van der Waals surface area contributed by atoms with E-state index < -0.39 is 0 Å². The van der Waals surface area contributed by atoms with E-state index in [4.69, 9.17) is 5.73 Å². The van der Waals surface area contributed by atoms with Crippen molar-refractivity contribution >= 4 is 44.3 Å². The Morgan fingerprint density at radius 1 is 1.36 bits per heavy atom. The molecule has 0 fully saturated rings.